The normalized spacial score (nSPS) is 19.4. The first-order valence-corrected chi connectivity index (χ1v) is 6.78. The molecule has 5 nitrogen and oxygen atoms in total. The average molecular weight is 317 g/mol. The number of rotatable bonds is 2. The molecule has 0 saturated carbocycles. The van der Waals surface area contributed by atoms with Crippen LogP contribution in [0.2, 0.25) is 0 Å². The first-order valence-electron chi connectivity index (χ1n) is 4.83. The van der Waals surface area contributed by atoms with Gasteiger partial charge in [-0.1, -0.05) is 0 Å². The third-order valence-corrected chi connectivity index (χ3v) is 4.04. The highest BCUT2D eigenvalue weighted by Crippen LogP contribution is 2.25. The lowest BCUT2D eigenvalue weighted by atomic mass is 10.2. The number of amides is 1. The summed E-state index contributed by atoms with van der Waals surface area (Å²) >= 11 is 4.67. The number of nitrogens with zero attached hydrogens (tertiary/aromatic N) is 2. The van der Waals surface area contributed by atoms with E-state index in [9.17, 15) is 9.59 Å². The van der Waals surface area contributed by atoms with Crippen LogP contribution in [0.15, 0.2) is 22.8 Å². The highest BCUT2D eigenvalue weighted by atomic mass is 79.9. The lowest BCUT2D eigenvalue weighted by Gasteiger charge is -2.20. The van der Waals surface area contributed by atoms with E-state index in [0.717, 1.165) is 0 Å². The van der Waals surface area contributed by atoms with Crippen molar-refractivity contribution in [1.82, 2.24) is 9.88 Å². The number of carbonyl (C=O) groups excluding carboxylic acids is 1. The van der Waals surface area contributed by atoms with Crippen LogP contribution < -0.4 is 0 Å². The molecule has 17 heavy (non-hydrogen) atoms. The zero-order valence-corrected chi connectivity index (χ0v) is 11.1. The third-order valence-electron chi connectivity index (χ3n) is 2.39. The van der Waals surface area contributed by atoms with Gasteiger partial charge in [0.15, 0.2) is 0 Å². The molecule has 0 bridgehead atoms. The Balaban J connectivity index is 2.26. The largest absolute Gasteiger partial charge is 0.480 e. The van der Waals surface area contributed by atoms with Gasteiger partial charge in [-0.2, -0.15) is 0 Å². The van der Waals surface area contributed by atoms with Crippen LogP contribution in [0, 0.1) is 0 Å². The van der Waals surface area contributed by atoms with Gasteiger partial charge in [-0.25, -0.2) is 9.78 Å². The lowest BCUT2D eigenvalue weighted by molar-refractivity contribution is -0.140. The van der Waals surface area contributed by atoms with Crippen molar-refractivity contribution in [2.75, 3.05) is 11.6 Å². The molecular formula is C10H9BrN2O3S. The minimum atomic E-state index is -0.976. The number of halogens is 1. The second-order valence-corrected chi connectivity index (χ2v) is 5.32. The minimum Gasteiger partial charge on any atom is -0.480 e. The molecule has 1 amide bonds. The summed E-state index contributed by atoms with van der Waals surface area (Å²) < 4.78 is 0.575. The summed E-state index contributed by atoms with van der Waals surface area (Å²) in [7, 11) is 0. The molecule has 2 heterocycles. The van der Waals surface area contributed by atoms with Crippen molar-refractivity contribution in [2.24, 2.45) is 0 Å². The molecule has 1 fully saturated rings. The van der Waals surface area contributed by atoms with Crippen molar-refractivity contribution in [3.8, 4) is 0 Å². The van der Waals surface area contributed by atoms with Gasteiger partial charge in [-0.3, -0.25) is 4.79 Å². The van der Waals surface area contributed by atoms with E-state index < -0.39 is 12.0 Å². The van der Waals surface area contributed by atoms with Crippen molar-refractivity contribution < 1.29 is 14.7 Å². The van der Waals surface area contributed by atoms with E-state index in [1.54, 1.807) is 12.1 Å². The second-order valence-electron chi connectivity index (χ2n) is 3.46. The Morgan fingerprint density at radius 3 is 3.00 bits per heavy atom. The van der Waals surface area contributed by atoms with E-state index in [2.05, 4.69) is 20.9 Å². The van der Waals surface area contributed by atoms with Crippen LogP contribution in [0.5, 0.6) is 0 Å². The van der Waals surface area contributed by atoms with Crippen LogP contribution in [0.3, 0.4) is 0 Å². The molecule has 1 aliphatic rings. The summed E-state index contributed by atoms with van der Waals surface area (Å²) in [5.41, 5.74) is 0.251. The summed E-state index contributed by atoms with van der Waals surface area (Å²) in [5, 5.41) is 9.01. The van der Waals surface area contributed by atoms with E-state index in [0.29, 0.717) is 16.1 Å². The number of thioether (sulfide) groups is 1. The van der Waals surface area contributed by atoms with Crippen molar-refractivity contribution in [1.29, 1.82) is 0 Å². The summed E-state index contributed by atoms with van der Waals surface area (Å²) in [5.74, 6) is -0.519. The van der Waals surface area contributed by atoms with Crippen molar-refractivity contribution in [3.63, 3.8) is 0 Å². The van der Waals surface area contributed by atoms with Crippen LogP contribution >= 0.6 is 27.7 Å². The maximum Gasteiger partial charge on any atom is 0.327 e. The molecule has 0 aromatic carbocycles. The maximum absolute atomic E-state index is 12.1. The highest BCUT2D eigenvalue weighted by Gasteiger charge is 2.36. The molecule has 2 rings (SSSR count). The molecule has 1 aromatic heterocycles. The average Bonchev–Trinajstić information content (AvgIpc) is 2.77. The number of carboxylic acid groups (broad SMARTS) is 1. The topological polar surface area (TPSA) is 70.5 Å². The number of carboxylic acids is 1. The van der Waals surface area contributed by atoms with Gasteiger partial charge in [0, 0.05) is 16.4 Å². The van der Waals surface area contributed by atoms with Crippen LogP contribution in [-0.4, -0.2) is 44.5 Å². The van der Waals surface area contributed by atoms with Crippen LogP contribution in [0.1, 0.15) is 10.5 Å². The van der Waals surface area contributed by atoms with E-state index in [4.69, 9.17) is 5.11 Å². The Morgan fingerprint density at radius 2 is 2.35 bits per heavy atom. The number of hydrogen-bond donors (Lipinski definition) is 1. The van der Waals surface area contributed by atoms with Gasteiger partial charge in [0.25, 0.3) is 5.91 Å². The fourth-order valence-electron chi connectivity index (χ4n) is 1.53. The lowest BCUT2D eigenvalue weighted by Crippen LogP contribution is -2.42. The van der Waals surface area contributed by atoms with Gasteiger partial charge >= 0.3 is 5.97 Å². The molecule has 1 aliphatic heterocycles. The van der Waals surface area contributed by atoms with Gasteiger partial charge in [-0.05, 0) is 28.1 Å². The quantitative estimate of drug-likeness (QED) is 0.894. The van der Waals surface area contributed by atoms with Crippen LogP contribution in [0.4, 0.5) is 0 Å². The van der Waals surface area contributed by atoms with Crippen molar-refractivity contribution >= 4 is 39.6 Å². The molecule has 0 spiro atoms. The van der Waals surface area contributed by atoms with Gasteiger partial charge in [0.1, 0.15) is 11.7 Å². The molecule has 1 aromatic rings. The smallest absolute Gasteiger partial charge is 0.327 e. The van der Waals surface area contributed by atoms with Crippen LogP contribution in [-0.2, 0) is 4.79 Å². The molecule has 1 saturated heterocycles. The number of pyridine rings is 1. The predicted octanol–water partition coefficient (Wildman–Crippen LogP) is 1.44. The first-order chi connectivity index (χ1) is 8.11. The van der Waals surface area contributed by atoms with Crippen molar-refractivity contribution in [2.45, 2.75) is 6.04 Å². The molecule has 0 radical (unpaired) electrons. The molecule has 1 atom stereocenters. The zero-order valence-electron chi connectivity index (χ0n) is 8.67. The Bertz CT molecular complexity index is 469. The van der Waals surface area contributed by atoms with Crippen LogP contribution in [0.25, 0.3) is 0 Å². The Hall–Kier alpha value is -1.08. The van der Waals surface area contributed by atoms with E-state index >= 15 is 0 Å². The predicted molar refractivity (Wildman–Crippen MR) is 66.9 cm³/mol. The Morgan fingerprint density at radius 1 is 1.59 bits per heavy atom. The third kappa shape index (κ3) is 2.44. The highest BCUT2D eigenvalue weighted by molar-refractivity contribution is 9.10. The van der Waals surface area contributed by atoms with E-state index in [1.165, 1.54) is 22.9 Å². The summed E-state index contributed by atoms with van der Waals surface area (Å²) in [6.07, 6.45) is 1.51. The molecule has 7 heteroatoms. The number of carbonyl (C=O) groups is 2. The summed E-state index contributed by atoms with van der Waals surface area (Å²) in [6, 6.07) is 2.65. The van der Waals surface area contributed by atoms with Gasteiger partial charge in [0.2, 0.25) is 0 Å². The Kier molecular flexibility index (Phi) is 3.68. The van der Waals surface area contributed by atoms with Gasteiger partial charge in [0.05, 0.1) is 5.88 Å². The molecule has 0 aliphatic carbocycles. The molecule has 90 valence electrons. The summed E-state index contributed by atoms with van der Waals surface area (Å²) in [6.45, 7) is 0. The first kappa shape index (κ1) is 12.4. The van der Waals surface area contributed by atoms with E-state index in [1.807, 2.05) is 0 Å². The SMILES string of the molecule is O=C(O)[C@@H]1CSCN1C(=O)c1ncccc1Br. The standard InChI is InChI=1S/C10H9BrN2O3S/c11-6-2-1-3-12-8(6)9(14)13-5-17-4-7(13)10(15)16/h1-3,7H,4-5H2,(H,15,16)/t7-/m0/s1. The fraction of sp³-hybridized carbons (Fsp3) is 0.300. The zero-order chi connectivity index (χ0) is 12.4. The van der Waals surface area contributed by atoms with E-state index in [-0.39, 0.29) is 11.6 Å². The number of aliphatic carboxylic acids is 1. The monoisotopic (exact) mass is 316 g/mol. The minimum absolute atomic E-state index is 0.251. The maximum atomic E-state index is 12.1. The Labute approximate surface area is 110 Å². The molecule has 0 unspecified atom stereocenters. The van der Waals surface area contributed by atoms with Gasteiger partial charge < -0.3 is 10.0 Å². The second kappa shape index (κ2) is 5.05. The molecule has 1 N–H and O–H groups in total. The summed E-state index contributed by atoms with van der Waals surface area (Å²) in [4.78, 5) is 28.4. The number of hydrogen-bond acceptors (Lipinski definition) is 4. The number of aromatic nitrogens is 1. The fourth-order valence-corrected chi connectivity index (χ4v) is 3.10. The van der Waals surface area contributed by atoms with Gasteiger partial charge in [-0.15, -0.1) is 11.8 Å². The molecular weight excluding hydrogens is 308 g/mol. The van der Waals surface area contributed by atoms with Crippen molar-refractivity contribution in [3.05, 3.63) is 28.5 Å².